The van der Waals surface area contributed by atoms with Gasteiger partial charge in [-0.1, -0.05) is 17.7 Å². The zero-order valence-electron chi connectivity index (χ0n) is 14.8. The number of amides is 1. The van der Waals surface area contributed by atoms with Crippen LogP contribution in [0, 0.1) is 6.92 Å². The van der Waals surface area contributed by atoms with E-state index in [4.69, 9.17) is 21.1 Å². The number of hydrogen-bond donors (Lipinski definition) is 1. The molecule has 5 nitrogen and oxygen atoms in total. The van der Waals surface area contributed by atoms with Crippen LogP contribution in [0.15, 0.2) is 39.9 Å². The number of nitrogens with one attached hydrogen (secondary N) is 1. The molecule has 0 fully saturated rings. The van der Waals surface area contributed by atoms with E-state index in [0.29, 0.717) is 35.3 Å². The van der Waals surface area contributed by atoms with Crippen molar-refractivity contribution in [1.82, 2.24) is 5.43 Å². The molecule has 0 saturated heterocycles. The molecule has 0 atom stereocenters. The maximum atomic E-state index is 12.2. The average molecular weight is 440 g/mol. The van der Waals surface area contributed by atoms with E-state index in [0.717, 1.165) is 15.6 Å². The molecule has 138 valence electrons. The fraction of sp³-hybridized carbons (Fsp3) is 0.263. The number of rotatable bonds is 7. The van der Waals surface area contributed by atoms with Gasteiger partial charge in [-0.25, -0.2) is 5.43 Å². The molecule has 7 heteroatoms. The van der Waals surface area contributed by atoms with Gasteiger partial charge in [0.25, 0.3) is 5.91 Å². The first-order chi connectivity index (χ1) is 12.5. The van der Waals surface area contributed by atoms with Crippen molar-refractivity contribution in [2.45, 2.75) is 20.8 Å². The minimum Gasteiger partial charge on any atom is -0.490 e. The highest BCUT2D eigenvalue weighted by Gasteiger charge is 2.11. The molecule has 2 rings (SSSR count). The van der Waals surface area contributed by atoms with Crippen molar-refractivity contribution in [2.24, 2.45) is 5.10 Å². The fourth-order valence-corrected chi connectivity index (χ4v) is 2.96. The minimum atomic E-state index is -0.377. The average Bonchev–Trinajstić information content (AvgIpc) is 2.58. The van der Waals surface area contributed by atoms with Crippen LogP contribution in [0.3, 0.4) is 0 Å². The lowest BCUT2D eigenvalue weighted by Gasteiger charge is -2.12. The zero-order valence-corrected chi connectivity index (χ0v) is 17.1. The molecule has 0 bridgehead atoms. The Bertz CT molecular complexity index is 825. The first-order valence-corrected chi connectivity index (χ1v) is 9.32. The Morgan fingerprint density at radius 1 is 1.19 bits per heavy atom. The highest BCUT2D eigenvalue weighted by atomic mass is 79.9. The monoisotopic (exact) mass is 438 g/mol. The van der Waals surface area contributed by atoms with Crippen LogP contribution in [0.5, 0.6) is 11.5 Å². The van der Waals surface area contributed by atoms with Crippen LogP contribution in [0.2, 0.25) is 5.02 Å². The van der Waals surface area contributed by atoms with Gasteiger partial charge in [0.1, 0.15) is 0 Å². The minimum absolute atomic E-state index is 0.371. The van der Waals surface area contributed by atoms with Crippen molar-refractivity contribution in [3.63, 3.8) is 0 Å². The van der Waals surface area contributed by atoms with E-state index in [9.17, 15) is 4.79 Å². The van der Waals surface area contributed by atoms with Crippen molar-refractivity contribution in [3.8, 4) is 11.5 Å². The second-order valence-corrected chi connectivity index (χ2v) is 6.63. The molecule has 0 saturated carbocycles. The van der Waals surface area contributed by atoms with Crippen LogP contribution in [-0.2, 0) is 0 Å². The SMILES string of the molecule is CCOc1cc(Br)c(/C=N\NC(=O)c2ccc(C)cc2Cl)cc1OCC. The van der Waals surface area contributed by atoms with Crippen molar-refractivity contribution >= 4 is 39.7 Å². The number of benzene rings is 2. The summed E-state index contributed by atoms with van der Waals surface area (Å²) in [5.74, 6) is 0.888. The Hall–Kier alpha value is -2.05. The van der Waals surface area contributed by atoms with Gasteiger partial charge in [-0.05, 0) is 66.5 Å². The first-order valence-electron chi connectivity index (χ1n) is 8.15. The van der Waals surface area contributed by atoms with Gasteiger partial charge in [-0.15, -0.1) is 0 Å². The Kier molecular flexibility index (Phi) is 7.48. The predicted octanol–water partition coefficient (Wildman–Crippen LogP) is 4.97. The summed E-state index contributed by atoms with van der Waals surface area (Å²) in [6, 6.07) is 8.84. The number of hydrazone groups is 1. The van der Waals surface area contributed by atoms with Gasteiger partial charge in [0, 0.05) is 10.0 Å². The molecule has 0 aromatic heterocycles. The van der Waals surface area contributed by atoms with E-state index >= 15 is 0 Å². The van der Waals surface area contributed by atoms with Gasteiger partial charge >= 0.3 is 0 Å². The number of carbonyl (C=O) groups is 1. The number of carbonyl (C=O) groups excluding carboxylic acids is 1. The van der Waals surface area contributed by atoms with Gasteiger partial charge in [0.2, 0.25) is 0 Å². The highest BCUT2D eigenvalue weighted by Crippen LogP contribution is 2.33. The molecule has 1 amide bonds. The summed E-state index contributed by atoms with van der Waals surface area (Å²) in [6.45, 7) is 6.77. The predicted molar refractivity (Wildman–Crippen MR) is 108 cm³/mol. The molecule has 0 spiro atoms. The summed E-state index contributed by atoms with van der Waals surface area (Å²) in [7, 11) is 0. The zero-order chi connectivity index (χ0) is 19.1. The van der Waals surface area contributed by atoms with E-state index in [1.807, 2.05) is 32.9 Å². The van der Waals surface area contributed by atoms with E-state index in [2.05, 4.69) is 26.5 Å². The molecule has 2 aromatic rings. The normalized spacial score (nSPS) is 10.8. The summed E-state index contributed by atoms with van der Waals surface area (Å²) in [5, 5.41) is 4.40. The van der Waals surface area contributed by atoms with Gasteiger partial charge < -0.3 is 9.47 Å². The first kappa shape index (κ1) is 20.3. The van der Waals surface area contributed by atoms with E-state index in [-0.39, 0.29) is 5.91 Å². The van der Waals surface area contributed by atoms with Crippen LogP contribution in [-0.4, -0.2) is 25.3 Å². The Labute approximate surface area is 166 Å². The Morgan fingerprint density at radius 2 is 1.85 bits per heavy atom. The van der Waals surface area contributed by atoms with E-state index < -0.39 is 0 Å². The molecule has 0 heterocycles. The van der Waals surface area contributed by atoms with Gasteiger partial charge in [-0.3, -0.25) is 4.79 Å². The van der Waals surface area contributed by atoms with Gasteiger partial charge in [0.15, 0.2) is 11.5 Å². The summed E-state index contributed by atoms with van der Waals surface area (Å²) in [4.78, 5) is 12.2. The maximum Gasteiger partial charge on any atom is 0.272 e. The van der Waals surface area contributed by atoms with Crippen molar-refractivity contribution in [2.75, 3.05) is 13.2 Å². The van der Waals surface area contributed by atoms with E-state index in [1.54, 1.807) is 18.2 Å². The van der Waals surface area contributed by atoms with Crippen LogP contribution >= 0.6 is 27.5 Å². The lowest BCUT2D eigenvalue weighted by molar-refractivity contribution is 0.0955. The maximum absolute atomic E-state index is 12.2. The van der Waals surface area contributed by atoms with Crippen LogP contribution in [0.1, 0.15) is 35.3 Å². The van der Waals surface area contributed by atoms with E-state index in [1.165, 1.54) is 6.21 Å². The molecule has 0 aliphatic rings. The third-order valence-electron chi connectivity index (χ3n) is 3.40. The number of ether oxygens (including phenoxy) is 2. The number of nitrogens with zero attached hydrogens (tertiary/aromatic N) is 1. The molecule has 0 aliphatic carbocycles. The second kappa shape index (κ2) is 9.59. The molecule has 0 unspecified atom stereocenters. The molecule has 1 N–H and O–H groups in total. The van der Waals surface area contributed by atoms with Crippen LogP contribution < -0.4 is 14.9 Å². The van der Waals surface area contributed by atoms with Gasteiger partial charge in [-0.2, -0.15) is 5.10 Å². The molecule has 26 heavy (non-hydrogen) atoms. The summed E-state index contributed by atoms with van der Waals surface area (Å²) >= 11 is 9.57. The molecule has 2 aromatic carbocycles. The van der Waals surface area contributed by atoms with Crippen molar-refractivity contribution in [3.05, 3.63) is 56.5 Å². The number of aryl methyl sites for hydroxylation is 1. The third-order valence-corrected chi connectivity index (χ3v) is 4.40. The number of halogens is 2. The smallest absolute Gasteiger partial charge is 0.272 e. The largest absolute Gasteiger partial charge is 0.490 e. The standard InChI is InChI=1S/C19H20BrClN2O3/c1-4-25-17-9-13(15(20)10-18(17)26-5-2)11-22-23-19(24)14-7-6-12(3)8-16(14)21/h6-11H,4-5H2,1-3H3,(H,23,24)/b22-11-. The summed E-state index contributed by atoms with van der Waals surface area (Å²) in [6.07, 6.45) is 1.53. The lowest BCUT2D eigenvalue weighted by Crippen LogP contribution is -2.18. The van der Waals surface area contributed by atoms with Crippen molar-refractivity contribution < 1.29 is 14.3 Å². The molecule has 0 aliphatic heterocycles. The Balaban J connectivity index is 2.16. The highest BCUT2D eigenvalue weighted by molar-refractivity contribution is 9.10. The summed E-state index contributed by atoms with van der Waals surface area (Å²) in [5.41, 5.74) is 4.58. The molecular weight excluding hydrogens is 420 g/mol. The second-order valence-electron chi connectivity index (χ2n) is 5.37. The molecule has 0 radical (unpaired) electrons. The third kappa shape index (κ3) is 5.22. The van der Waals surface area contributed by atoms with Crippen molar-refractivity contribution in [1.29, 1.82) is 0 Å². The van der Waals surface area contributed by atoms with Crippen LogP contribution in [0.25, 0.3) is 0 Å². The van der Waals surface area contributed by atoms with Crippen LogP contribution in [0.4, 0.5) is 0 Å². The molecular formula is C19H20BrClN2O3. The topological polar surface area (TPSA) is 59.9 Å². The van der Waals surface area contributed by atoms with Gasteiger partial charge in [0.05, 0.1) is 30.0 Å². The fourth-order valence-electron chi connectivity index (χ4n) is 2.21. The Morgan fingerprint density at radius 3 is 2.46 bits per heavy atom. The summed E-state index contributed by atoms with van der Waals surface area (Å²) < 4.78 is 11.9. The number of hydrogen-bond acceptors (Lipinski definition) is 4. The quantitative estimate of drug-likeness (QED) is 0.489. The lowest BCUT2D eigenvalue weighted by atomic mass is 10.1.